The van der Waals surface area contributed by atoms with Gasteiger partial charge in [-0.3, -0.25) is 9.59 Å². The van der Waals surface area contributed by atoms with E-state index in [-0.39, 0.29) is 56.8 Å². The Bertz CT molecular complexity index is 1390. The molecule has 3 amide bonds. The molecule has 0 aromatic heterocycles. The third-order valence-electron chi connectivity index (χ3n) is 8.97. The molecule has 252 valence electrons. The van der Waals surface area contributed by atoms with Crippen molar-refractivity contribution in [3.63, 3.8) is 0 Å². The Morgan fingerprint density at radius 1 is 0.957 bits per heavy atom. The molecule has 0 unspecified atom stereocenters. The Labute approximate surface area is 277 Å². The summed E-state index contributed by atoms with van der Waals surface area (Å²) < 4.78 is 11.1. The van der Waals surface area contributed by atoms with Gasteiger partial charge in [-0.15, -0.1) is 13.2 Å². The highest BCUT2D eigenvalue weighted by Gasteiger charge is 2.36. The minimum Gasteiger partial charge on any atom is -0.462 e. The second kappa shape index (κ2) is 16.9. The third kappa shape index (κ3) is 9.32. The molecule has 3 atom stereocenters. The number of alkyl carbamates (subject to hydrolysis) is 1. The van der Waals surface area contributed by atoms with Crippen LogP contribution in [0.2, 0.25) is 0 Å². The van der Waals surface area contributed by atoms with Gasteiger partial charge in [-0.1, -0.05) is 73.5 Å². The first-order chi connectivity index (χ1) is 22.7. The van der Waals surface area contributed by atoms with Crippen molar-refractivity contribution in [1.82, 2.24) is 16.0 Å². The van der Waals surface area contributed by atoms with Crippen molar-refractivity contribution in [2.75, 3.05) is 19.8 Å². The lowest BCUT2D eigenvalue weighted by molar-refractivity contribution is -0.147. The van der Waals surface area contributed by atoms with Crippen molar-refractivity contribution in [2.45, 2.75) is 81.8 Å². The number of nitrogens with one attached hydrogen (secondary N) is 3. The van der Waals surface area contributed by atoms with Gasteiger partial charge in [0.2, 0.25) is 11.8 Å². The molecule has 2 aliphatic carbocycles. The fourth-order valence-corrected chi connectivity index (χ4v) is 6.46. The van der Waals surface area contributed by atoms with E-state index in [2.05, 4.69) is 41.2 Å². The molecule has 47 heavy (non-hydrogen) atoms. The summed E-state index contributed by atoms with van der Waals surface area (Å²) in [7, 11) is 0. The molecule has 2 aromatic rings. The summed E-state index contributed by atoms with van der Waals surface area (Å²) in [5.74, 6) is -2.11. The van der Waals surface area contributed by atoms with Crippen LogP contribution >= 0.6 is 0 Å². The van der Waals surface area contributed by atoms with Crippen LogP contribution in [0, 0.1) is 5.92 Å². The number of carbonyl (C=O) groups is 4. The van der Waals surface area contributed by atoms with Crippen LogP contribution in [0.25, 0.3) is 11.1 Å². The number of hydrogen-bond acceptors (Lipinski definition) is 7. The van der Waals surface area contributed by atoms with Gasteiger partial charge in [0.05, 0.1) is 24.1 Å². The summed E-state index contributed by atoms with van der Waals surface area (Å²) in [6, 6.07) is 14.5. The van der Waals surface area contributed by atoms with E-state index in [0.29, 0.717) is 19.3 Å². The summed E-state index contributed by atoms with van der Waals surface area (Å²) in [4.78, 5) is 51.7. The molecule has 0 aliphatic heterocycles. The predicted octanol–water partition coefficient (Wildman–Crippen LogP) is 4.91. The number of aliphatic hydroxyl groups is 1. The van der Waals surface area contributed by atoms with Gasteiger partial charge in [-0.25, -0.2) is 9.59 Å². The number of hydrogen-bond donors (Lipinski definition) is 4. The van der Waals surface area contributed by atoms with Gasteiger partial charge in [0.1, 0.15) is 19.3 Å². The van der Waals surface area contributed by atoms with Gasteiger partial charge in [0.25, 0.3) is 0 Å². The van der Waals surface area contributed by atoms with E-state index >= 15 is 0 Å². The van der Waals surface area contributed by atoms with Crippen LogP contribution in [0.15, 0.2) is 73.8 Å². The van der Waals surface area contributed by atoms with E-state index in [1.54, 1.807) is 19.1 Å². The van der Waals surface area contributed by atoms with Gasteiger partial charge < -0.3 is 30.5 Å². The summed E-state index contributed by atoms with van der Waals surface area (Å²) in [5.41, 5.74) is 3.77. The summed E-state index contributed by atoms with van der Waals surface area (Å²) in [5, 5.41) is 18.2. The third-order valence-corrected chi connectivity index (χ3v) is 8.97. The SMILES string of the molecule is C=CCC[C@H](NC(=O)OCC1c2ccccc2-c2ccccc21)C(=O)OC[C@H](C)NC(=O)[C@H](CC=C)CC(=O)NC1(CO)CCCC1. The fraction of sp³-hybridized carbons (Fsp3) is 0.459. The molecular formula is C37H47N3O7. The zero-order chi connectivity index (χ0) is 33.8. The topological polar surface area (TPSA) is 143 Å². The first-order valence-electron chi connectivity index (χ1n) is 16.4. The first kappa shape index (κ1) is 35.4. The molecule has 0 spiro atoms. The fourth-order valence-electron chi connectivity index (χ4n) is 6.46. The smallest absolute Gasteiger partial charge is 0.407 e. The molecule has 0 radical (unpaired) electrons. The van der Waals surface area contributed by atoms with Gasteiger partial charge in [0.15, 0.2) is 0 Å². The van der Waals surface area contributed by atoms with Crippen LogP contribution in [0.5, 0.6) is 0 Å². The van der Waals surface area contributed by atoms with E-state index in [4.69, 9.17) is 9.47 Å². The second-order valence-electron chi connectivity index (χ2n) is 12.5. The maximum Gasteiger partial charge on any atom is 0.407 e. The lowest BCUT2D eigenvalue weighted by atomic mass is 9.95. The number of carbonyl (C=O) groups excluding carboxylic acids is 4. The van der Waals surface area contributed by atoms with Crippen LogP contribution in [-0.4, -0.2) is 66.4 Å². The van der Waals surface area contributed by atoms with Crippen LogP contribution < -0.4 is 16.0 Å². The molecule has 4 N–H and O–H groups in total. The number of benzene rings is 2. The second-order valence-corrected chi connectivity index (χ2v) is 12.5. The molecule has 2 aliphatic rings. The minimum atomic E-state index is -0.974. The number of fused-ring (bicyclic) bond motifs is 3. The monoisotopic (exact) mass is 645 g/mol. The molecule has 1 fully saturated rings. The Morgan fingerprint density at radius 3 is 2.19 bits per heavy atom. The Hall–Kier alpha value is -4.44. The normalized spacial score (nSPS) is 16.5. The highest BCUT2D eigenvalue weighted by Crippen LogP contribution is 2.44. The van der Waals surface area contributed by atoms with E-state index in [1.165, 1.54) is 0 Å². The molecule has 10 nitrogen and oxygen atoms in total. The Balaban J connectivity index is 1.27. The molecule has 2 aromatic carbocycles. The average Bonchev–Trinajstić information content (AvgIpc) is 3.67. The van der Waals surface area contributed by atoms with E-state index in [1.807, 2.05) is 36.4 Å². The number of allylic oxidation sites excluding steroid dienone is 2. The molecular weight excluding hydrogens is 598 g/mol. The molecule has 0 bridgehead atoms. The van der Waals surface area contributed by atoms with Crippen molar-refractivity contribution in [3.8, 4) is 11.1 Å². The van der Waals surface area contributed by atoms with Crippen molar-refractivity contribution in [1.29, 1.82) is 0 Å². The Kier molecular flexibility index (Phi) is 12.8. The van der Waals surface area contributed by atoms with Crippen molar-refractivity contribution >= 4 is 23.9 Å². The highest BCUT2D eigenvalue weighted by atomic mass is 16.6. The summed E-state index contributed by atoms with van der Waals surface area (Å²) >= 11 is 0. The summed E-state index contributed by atoms with van der Waals surface area (Å²) in [6.45, 7) is 8.94. The van der Waals surface area contributed by atoms with Crippen LogP contribution in [0.4, 0.5) is 4.79 Å². The van der Waals surface area contributed by atoms with E-state index in [0.717, 1.165) is 35.1 Å². The minimum absolute atomic E-state index is 0.0558. The standard InChI is InChI=1S/C37H47N3O7/c1-4-6-18-32(39-36(45)47-23-31-29-16-9-7-14-27(29)28-15-8-10-17-30(28)31)35(44)46-22-25(3)38-34(43)26(13-5-2)21-33(42)40-37(24-41)19-11-12-20-37/h4-5,7-10,14-17,25-26,31-32,41H,1-2,6,11-13,18-24H2,3H3,(H,38,43)(H,39,45)(H,40,42)/t25-,26+,32-/m0/s1. The molecule has 0 heterocycles. The number of rotatable bonds is 17. The zero-order valence-corrected chi connectivity index (χ0v) is 27.2. The Morgan fingerprint density at radius 2 is 1.60 bits per heavy atom. The van der Waals surface area contributed by atoms with E-state index in [9.17, 15) is 24.3 Å². The highest BCUT2D eigenvalue weighted by molar-refractivity contribution is 5.86. The molecule has 10 heteroatoms. The lowest BCUT2D eigenvalue weighted by Gasteiger charge is -2.29. The number of amides is 3. The maximum absolute atomic E-state index is 13.1. The lowest BCUT2D eigenvalue weighted by Crippen LogP contribution is -2.50. The van der Waals surface area contributed by atoms with Crippen LogP contribution in [0.3, 0.4) is 0 Å². The van der Waals surface area contributed by atoms with Crippen molar-refractivity contribution in [3.05, 3.63) is 85.0 Å². The van der Waals surface area contributed by atoms with Gasteiger partial charge >= 0.3 is 12.1 Å². The van der Waals surface area contributed by atoms with Crippen molar-refractivity contribution in [2.24, 2.45) is 5.92 Å². The van der Waals surface area contributed by atoms with Crippen LogP contribution in [-0.2, 0) is 23.9 Å². The number of ether oxygens (including phenoxy) is 2. The van der Waals surface area contributed by atoms with E-state index < -0.39 is 35.6 Å². The molecule has 0 saturated heterocycles. The summed E-state index contributed by atoms with van der Waals surface area (Å²) in [6.07, 6.45) is 6.73. The zero-order valence-electron chi connectivity index (χ0n) is 27.2. The first-order valence-corrected chi connectivity index (χ1v) is 16.4. The quantitative estimate of drug-likeness (QED) is 0.141. The predicted molar refractivity (Wildman–Crippen MR) is 179 cm³/mol. The van der Waals surface area contributed by atoms with Gasteiger partial charge in [0, 0.05) is 12.3 Å². The van der Waals surface area contributed by atoms with Crippen LogP contribution in [0.1, 0.15) is 75.3 Å². The molecule has 4 rings (SSSR count). The van der Waals surface area contributed by atoms with Gasteiger partial charge in [-0.2, -0.15) is 0 Å². The van der Waals surface area contributed by atoms with Crippen molar-refractivity contribution < 1.29 is 33.8 Å². The number of aliphatic hydroxyl groups excluding tert-OH is 1. The van der Waals surface area contributed by atoms with Gasteiger partial charge in [-0.05, 0) is 61.3 Å². The number of esters is 1. The molecule has 1 saturated carbocycles. The largest absolute Gasteiger partial charge is 0.462 e. The average molecular weight is 646 g/mol. The maximum atomic E-state index is 13.1.